The molecule has 3 rings (SSSR count). The van der Waals surface area contributed by atoms with E-state index in [2.05, 4.69) is 16.7 Å². The molecule has 2 aliphatic heterocycles. The summed E-state index contributed by atoms with van der Waals surface area (Å²) in [5.74, 6) is 1.97. The van der Waals surface area contributed by atoms with Gasteiger partial charge in [0.25, 0.3) is 0 Å². The Morgan fingerprint density at radius 2 is 2.32 bits per heavy atom. The summed E-state index contributed by atoms with van der Waals surface area (Å²) in [6.45, 7) is 0.648. The topological polar surface area (TPSA) is 61.4 Å². The molecule has 0 radical (unpaired) electrons. The molecule has 0 spiro atoms. The van der Waals surface area contributed by atoms with Gasteiger partial charge in [0.2, 0.25) is 11.8 Å². The van der Waals surface area contributed by atoms with Crippen LogP contribution in [0, 0.1) is 0 Å². The maximum Gasteiger partial charge on any atom is 0.238 e. The lowest BCUT2D eigenvalue weighted by molar-refractivity contribution is -0.122. The molecule has 0 aliphatic carbocycles. The lowest BCUT2D eigenvalue weighted by atomic mass is 9.98. The van der Waals surface area contributed by atoms with Crippen LogP contribution in [0.15, 0.2) is 18.2 Å². The summed E-state index contributed by atoms with van der Waals surface area (Å²) in [5.41, 5.74) is 3.44. The van der Waals surface area contributed by atoms with E-state index in [1.54, 1.807) is 16.7 Å². The molecule has 5 nitrogen and oxygen atoms in total. The van der Waals surface area contributed by atoms with E-state index in [9.17, 15) is 9.59 Å². The zero-order valence-electron chi connectivity index (χ0n) is 12.7. The molecule has 2 amide bonds. The van der Waals surface area contributed by atoms with Crippen LogP contribution in [0.4, 0.5) is 5.69 Å². The first-order chi connectivity index (χ1) is 10.6. The van der Waals surface area contributed by atoms with Gasteiger partial charge in [0.15, 0.2) is 0 Å². The third kappa shape index (κ3) is 3.28. The fraction of sp³-hybridized carbons (Fsp3) is 0.500. The van der Waals surface area contributed by atoms with E-state index < -0.39 is 0 Å². The van der Waals surface area contributed by atoms with E-state index in [0.29, 0.717) is 13.0 Å². The molecule has 1 unspecified atom stereocenters. The molecule has 118 valence electrons. The van der Waals surface area contributed by atoms with Crippen molar-refractivity contribution in [3.05, 3.63) is 29.3 Å². The molecule has 6 heteroatoms. The highest BCUT2D eigenvalue weighted by molar-refractivity contribution is 7.99. The van der Waals surface area contributed by atoms with Crippen LogP contribution < -0.4 is 15.5 Å². The van der Waals surface area contributed by atoms with Crippen molar-refractivity contribution in [2.75, 3.05) is 30.1 Å². The second-order valence-corrected chi connectivity index (χ2v) is 6.76. The van der Waals surface area contributed by atoms with Gasteiger partial charge in [-0.3, -0.25) is 14.9 Å². The van der Waals surface area contributed by atoms with E-state index in [1.165, 1.54) is 11.1 Å². The predicted molar refractivity (Wildman–Crippen MR) is 89.1 cm³/mol. The molecule has 2 aliphatic rings. The normalized spacial score (nSPS) is 20.9. The number of aryl methyl sites for hydroxylation is 1. The van der Waals surface area contributed by atoms with E-state index >= 15 is 0 Å². The summed E-state index contributed by atoms with van der Waals surface area (Å²) in [7, 11) is 1.83. The Morgan fingerprint density at radius 1 is 1.45 bits per heavy atom. The first-order valence-electron chi connectivity index (χ1n) is 7.62. The van der Waals surface area contributed by atoms with Gasteiger partial charge in [-0.25, -0.2) is 0 Å². The highest BCUT2D eigenvalue weighted by atomic mass is 32.2. The summed E-state index contributed by atoms with van der Waals surface area (Å²) in [4.78, 5) is 25.3. The highest BCUT2D eigenvalue weighted by Gasteiger charge is 2.22. The van der Waals surface area contributed by atoms with Crippen LogP contribution >= 0.6 is 11.8 Å². The van der Waals surface area contributed by atoms with Crippen molar-refractivity contribution in [3.8, 4) is 0 Å². The minimum absolute atomic E-state index is 0.0480. The molecule has 2 heterocycles. The molecular weight excluding hydrogens is 298 g/mol. The summed E-state index contributed by atoms with van der Waals surface area (Å²) < 4.78 is 0. The van der Waals surface area contributed by atoms with E-state index in [4.69, 9.17) is 0 Å². The van der Waals surface area contributed by atoms with Crippen LogP contribution in [0.2, 0.25) is 0 Å². The SMILES string of the molecule is CN1C(=O)CCc2cc(CCNC(=O)C3CSCN3)ccc21. The fourth-order valence-electron chi connectivity index (χ4n) is 2.88. The van der Waals surface area contributed by atoms with Crippen molar-refractivity contribution < 1.29 is 9.59 Å². The number of nitrogens with one attached hydrogen (secondary N) is 2. The van der Waals surface area contributed by atoms with E-state index in [-0.39, 0.29) is 17.9 Å². The maximum absolute atomic E-state index is 11.9. The Labute approximate surface area is 134 Å². The number of rotatable bonds is 4. The Kier molecular flexibility index (Phi) is 4.69. The molecule has 22 heavy (non-hydrogen) atoms. The molecule has 1 fully saturated rings. The summed E-state index contributed by atoms with van der Waals surface area (Å²) in [6.07, 6.45) is 2.20. The van der Waals surface area contributed by atoms with Gasteiger partial charge in [0.05, 0.1) is 6.04 Å². The predicted octanol–water partition coefficient (Wildman–Crippen LogP) is 0.917. The molecule has 1 aromatic carbocycles. The zero-order chi connectivity index (χ0) is 15.5. The molecule has 0 aromatic heterocycles. The molecule has 0 saturated carbocycles. The Hall–Kier alpha value is -1.53. The number of hydrogen-bond acceptors (Lipinski definition) is 4. The Balaban J connectivity index is 1.55. The number of amides is 2. The number of carbonyl (C=O) groups is 2. The van der Waals surface area contributed by atoms with Gasteiger partial charge >= 0.3 is 0 Å². The minimum Gasteiger partial charge on any atom is -0.354 e. The standard InChI is InChI=1S/C16H21N3O2S/c1-19-14-4-2-11(8-12(14)3-5-15(19)20)6-7-17-16(21)13-9-22-10-18-13/h2,4,8,13,18H,3,5-7,9-10H2,1H3,(H,17,21). The van der Waals surface area contributed by atoms with Gasteiger partial charge < -0.3 is 10.2 Å². The lowest BCUT2D eigenvalue weighted by Crippen LogP contribution is -2.42. The number of thioether (sulfide) groups is 1. The molecular formula is C16H21N3O2S. The zero-order valence-corrected chi connectivity index (χ0v) is 13.5. The van der Waals surface area contributed by atoms with Crippen molar-refractivity contribution >= 4 is 29.3 Å². The van der Waals surface area contributed by atoms with Crippen molar-refractivity contribution in [2.24, 2.45) is 0 Å². The Morgan fingerprint density at radius 3 is 3.09 bits per heavy atom. The van der Waals surface area contributed by atoms with Crippen LogP contribution in [0.3, 0.4) is 0 Å². The van der Waals surface area contributed by atoms with Crippen LogP contribution in [-0.2, 0) is 22.4 Å². The van der Waals surface area contributed by atoms with Crippen molar-refractivity contribution in [1.29, 1.82) is 0 Å². The molecule has 1 atom stereocenters. The molecule has 1 aromatic rings. The van der Waals surface area contributed by atoms with Crippen LogP contribution in [0.1, 0.15) is 17.5 Å². The summed E-state index contributed by atoms with van der Waals surface area (Å²) >= 11 is 1.75. The van der Waals surface area contributed by atoms with Gasteiger partial charge in [0.1, 0.15) is 0 Å². The van der Waals surface area contributed by atoms with Crippen LogP contribution in [-0.4, -0.2) is 43.1 Å². The van der Waals surface area contributed by atoms with Crippen LogP contribution in [0.5, 0.6) is 0 Å². The van der Waals surface area contributed by atoms with Crippen molar-refractivity contribution in [1.82, 2.24) is 10.6 Å². The minimum atomic E-state index is -0.0480. The second kappa shape index (κ2) is 6.71. The lowest BCUT2D eigenvalue weighted by Gasteiger charge is -2.26. The maximum atomic E-state index is 11.9. The Bertz CT molecular complexity index is 585. The number of carbonyl (C=O) groups excluding carboxylic acids is 2. The first kappa shape index (κ1) is 15.4. The average molecular weight is 319 g/mol. The van der Waals surface area contributed by atoms with Gasteiger partial charge in [-0.05, 0) is 30.0 Å². The monoisotopic (exact) mass is 319 g/mol. The number of fused-ring (bicyclic) bond motifs is 1. The largest absolute Gasteiger partial charge is 0.354 e. The van der Waals surface area contributed by atoms with Gasteiger partial charge in [-0.1, -0.05) is 12.1 Å². The van der Waals surface area contributed by atoms with Gasteiger partial charge in [-0.15, -0.1) is 11.8 Å². The summed E-state index contributed by atoms with van der Waals surface area (Å²) in [5, 5.41) is 6.16. The number of hydrogen-bond donors (Lipinski definition) is 2. The first-order valence-corrected chi connectivity index (χ1v) is 8.78. The van der Waals surface area contributed by atoms with Gasteiger partial charge in [-0.2, -0.15) is 0 Å². The average Bonchev–Trinajstić information content (AvgIpc) is 3.05. The van der Waals surface area contributed by atoms with Crippen molar-refractivity contribution in [2.45, 2.75) is 25.3 Å². The fourth-order valence-corrected chi connectivity index (χ4v) is 3.82. The summed E-state index contributed by atoms with van der Waals surface area (Å²) in [6, 6.07) is 6.17. The molecule has 0 bridgehead atoms. The third-order valence-corrected chi connectivity index (χ3v) is 5.17. The number of benzene rings is 1. The van der Waals surface area contributed by atoms with E-state index in [0.717, 1.165) is 30.2 Å². The number of anilines is 1. The van der Waals surface area contributed by atoms with Crippen molar-refractivity contribution in [3.63, 3.8) is 0 Å². The molecule has 2 N–H and O–H groups in total. The van der Waals surface area contributed by atoms with Gasteiger partial charge in [0, 0.05) is 37.3 Å². The second-order valence-electron chi connectivity index (χ2n) is 5.73. The smallest absolute Gasteiger partial charge is 0.238 e. The highest BCUT2D eigenvalue weighted by Crippen LogP contribution is 2.27. The van der Waals surface area contributed by atoms with Crippen LogP contribution in [0.25, 0.3) is 0 Å². The quantitative estimate of drug-likeness (QED) is 0.866. The number of nitrogens with zero attached hydrogens (tertiary/aromatic N) is 1. The third-order valence-electron chi connectivity index (χ3n) is 4.23. The van der Waals surface area contributed by atoms with E-state index in [1.807, 2.05) is 19.2 Å². The molecule has 1 saturated heterocycles.